The summed E-state index contributed by atoms with van der Waals surface area (Å²) in [4.78, 5) is 0.763. The van der Waals surface area contributed by atoms with E-state index in [1.54, 1.807) is 6.07 Å². The molecule has 1 atom stereocenters. The van der Waals surface area contributed by atoms with Gasteiger partial charge >= 0.3 is 0 Å². The monoisotopic (exact) mass is 400 g/mol. The highest BCUT2D eigenvalue weighted by Gasteiger charge is 2.19. The zero-order valence-electron chi connectivity index (χ0n) is 8.18. The lowest BCUT2D eigenvalue weighted by Crippen LogP contribution is -1.97. The first-order valence-corrected chi connectivity index (χ1v) is 7.36. The Hall–Kier alpha value is 0.0300. The van der Waals surface area contributed by atoms with Gasteiger partial charge in [-0.1, -0.05) is 0 Å². The third-order valence-electron chi connectivity index (χ3n) is 2.16. The molecule has 0 saturated carbocycles. The Morgan fingerprint density at radius 1 is 1.12 bits per heavy atom. The summed E-state index contributed by atoms with van der Waals surface area (Å²) < 4.78 is 28.0. The molecule has 17 heavy (non-hydrogen) atoms. The second-order valence-electron chi connectivity index (χ2n) is 3.29. The van der Waals surface area contributed by atoms with E-state index in [0.29, 0.717) is 0 Å². The number of alkyl halides is 1. The molecule has 0 spiro atoms. The maximum absolute atomic E-state index is 13.7. The van der Waals surface area contributed by atoms with Gasteiger partial charge in [0.1, 0.15) is 11.6 Å². The summed E-state index contributed by atoms with van der Waals surface area (Å²) in [5, 5.41) is -0.686. The van der Waals surface area contributed by atoms with Crippen molar-refractivity contribution in [1.29, 1.82) is 0 Å². The van der Waals surface area contributed by atoms with Crippen LogP contribution in [0.5, 0.6) is 0 Å². The van der Waals surface area contributed by atoms with Crippen molar-refractivity contribution in [2.75, 3.05) is 0 Å². The Kier molecular flexibility index (Phi) is 4.23. The van der Waals surface area contributed by atoms with Crippen molar-refractivity contribution in [2.45, 2.75) is 5.38 Å². The van der Waals surface area contributed by atoms with Crippen LogP contribution in [0.2, 0.25) is 0 Å². The lowest BCUT2D eigenvalue weighted by Gasteiger charge is -2.09. The minimum atomic E-state index is -0.686. The van der Waals surface area contributed by atoms with Gasteiger partial charge in [0.15, 0.2) is 0 Å². The average Bonchev–Trinajstić information content (AvgIpc) is 2.69. The van der Waals surface area contributed by atoms with E-state index in [0.717, 1.165) is 20.8 Å². The summed E-state index contributed by atoms with van der Waals surface area (Å²) in [6.07, 6.45) is 0. The molecule has 0 N–H and O–H groups in total. The molecule has 90 valence electrons. The molecule has 0 amide bonds. The Labute approximate surface area is 123 Å². The average molecular weight is 402 g/mol. The summed E-state index contributed by atoms with van der Waals surface area (Å²) in [7, 11) is 0. The van der Waals surface area contributed by atoms with E-state index in [9.17, 15) is 8.78 Å². The van der Waals surface area contributed by atoms with E-state index >= 15 is 0 Å². The summed E-state index contributed by atoms with van der Waals surface area (Å²) >= 11 is 13.8. The summed E-state index contributed by atoms with van der Waals surface area (Å²) in [5.41, 5.74) is 0.140. The number of rotatable bonds is 2. The number of hydrogen-bond acceptors (Lipinski definition) is 1. The van der Waals surface area contributed by atoms with Gasteiger partial charge in [-0.15, -0.1) is 22.9 Å². The second-order valence-corrected chi connectivity index (χ2v) is 7.08. The summed E-state index contributed by atoms with van der Waals surface area (Å²) in [5.74, 6) is -1.05. The van der Waals surface area contributed by atoms with Crippen LogP contribution in [0.4, 0.5) is 8.78 Å². The van der Waals surface area contributed by atoms with Crippen LogP contribution in [0.3, 0.4) is 0 Å². The van der Waals surface area contributed by atoms with Gasteiger partial charge in [-0.25, -0.2) is 8.78 Å². The molecule has 0 aliphatic carbocycles. The van der Waals surface area contributed by atoms with E-state index in [4.69, 9.17) is 11.6 Å². The van der Waals surface area contributed by atoms with Gasteiger partial charge < -0.3 is 0 Å². The van der Waals surface area contributed by atoms with Crippen LogP contribution in [-0.4, -0.2) is 0 Å². The first-order chi connectivity index (χ1) is 7.99. The van der Waals surface area contributed by atoms with Crippen molar-refractivity contribution in [3.8, 4) is 0 Å². The molecule has 0 radical (unpaired) electrons. The Bertz CT molecular complexity index is 556. The van der Waals surface area contributed by atoms with Crippen LogP contribution >= 0.6 is 54.8 Å². The predicted molar refractivity (Wildman–Crippen MR) is 73.8 cm³/mol. The molecule has 0 nitrogen and oxygen atoms in total. The Morgan fingerprint density at radius 2 is 1.82 bits per heavy atom. The van der Waals surface area contributed by atoms with Gasteiger partial charge in [-0.3, -0.25) is 0 Å². The van der Waals surface area contributed by atoms with Gasteiger partial charge in [0, 0.05) is 10.4 Å². The molecule has 1 aromatic carbocycles. The second kappa shape index (κ2) is 5.34. The molecule has 1 unspecified atom stereocenters. The van der Waals surface area contributed by atoms with Crippen LogP contribution in [0.15, 0.2) is 32.5 Å². The molecule has 0 aliphatic rings. The fourth-order valence-electron chi connectivity index (χ4n) is 1.35. The molecule has 6 heteroatoms. The molecule has 2 aromatic rings. The fraction of sp³-hybridized carbons (Fsp3) is 0.0909. The minimum absolute atomic E-state index is 0.0926. The topological polar surface area (TPSA) is 0 Å². The SMILES string of the molecule is Fc1cc(C(Cl)c2ccc(Br)s2)c(F)cc1Br. The number of benzene rings is 1. The fourth-order valence-corrected chi connectivity index (χ4v) is 3.46. The van der Waals surface area contributed by atoms with Gasteiger partial charge in [-0.2, -0.15) is 0 Å². The third kappa shape index (κ3) is 2.89. The van der Waals surface area contributed by atoms with Crippen molar-refractivity contribution >= 4 is 54.8 Å². The van der Waals surface area contributed by atoms with Gasteiger partial charge in [0.05, 0.1) is 13.6 Å². The van der Waals surface area contributed by atoms with Crippen LogP contribution in [0.1, 0.15) is 15.8 Å². The summed E-state index contributed by atoms with van der Waals surface area (Å²) in [6.45, 7) is 0. The van der Waals surface area contributed by atoms with Crippen molar-refractivity contribution in [3.05, 3.63) is 54.6 Å². The zero-order chi connectivity index (χ0) is 12.6. The van der Waals surface area contributed by atoms with Gasteiger partial charge in [0.2, 0.25) is 0 Å². The molecule has 1 heterocycles. The van der Waals surface area contributed by atoms with Crippen LogP contribution in [0, 0.1) is 11.6 Å². The minimum Gasteiger partial charge on any atom is -0.207 e. The highest BCUT2D eigenvalue weighted by molar-refractivity contribution is 9.11. The lowest BCUT2D eigenvalue weighted by atomic mass is 10.1. The molecule has 0 bridgehead atoms. The number of halogens is 5. The van der Waals surface area contributed by atoms with Crippen molar-refractivity contribution in [1.82, 2.24) is 0 Å². The first kappa shape index (κ1) is 13.5. The molecular weight excluding hydrogens is 397 g/mol. The molecular formula is C11H5Br2ClF2S. The van der Waals surface area contributed by atoms with E-state index in [1.807, 2.05) is 6.07 Å². The smallest absolute Gasteiger partial charge is 0.137 e. The van der Waals surface area contributed by atoms with E-state index in [1.165, 1.54) is 11.3 Å². The molecule has 1 aromatic heterocycles. The van der Waals surface area contributed by atoms with Crippen molar-refractivity contribution in [2.24, 2.45) is 0 Å². The maximum atomic E-state index is 13.7. The normalized spacial score (nSPS) is 12.8. The molecule has 0 fully saturated rings. The first-order valence-electron chi connectivity index (χ1n) is 4.53. The molecule has 0 aliphatic heterocycles. The zero-order valence-corrected chi connectivity index (χ0v) is 12.9. The third-order valence-corrected chi connectivity index (χ3v) is 5.05. The largest absolute Gasteiger partial charge is 0.207 e. The van der Waals surface area contributed by atoms with Crippen LogP contribution in [0.25, 0.3) is 0 Å². The molecule has 2 rings (SSSR count). The van der Waals surface area contributed by atoms with E-state index in [2.05, 4.69) is 31.9 Å². The lowest BCUT2D eigenvalue weighted by molar-refractivity contribution is 0.582. The predicted octanol–water partition coefficient (Wildman–Crippen LogP) is 5.88. The van der Waals surface area contributed by atoms with E-state index < -0.39 is 17.0 Å². The Balaban J connectivity index is 2.43. The Morgan fingerprint density at radius 3 is 2.41 bits per heavy atom. The quantitative estimate of drug-likeness (QED) is 0.435. The highest BCUT2D eigenvalue weighted by Crippen LogP contribution is 2.37. The molecule has 0 saturated heterocycles. The van der Waals surface area contributed by atoms with Gasteiger partial charge in [-0.05, 0) is 56.1 Å². The van der Waals surface area contributed by atoms with Crippen LogP contribution in [-0.2, 0) is 0 Å². The van der Waals surface area contributed by atoms with Gasteiger partial charge in [0.25, 0.3) is 0 Å². The van der Waals surface area contributed by atoms with Crippen molar-refractivity contribution < 1.29 is 8.78 Å². The van der Waals surface area contributed by atoms with E-state index in [-0.39, 0.29) is 10.0 Å². The standard InChI is InChI=1S/C11H5Br2ClF2S/c12-6-4-7(15)5(3-8(6)16)11(14)9-1-2-10(13)17-9/h1-4,11H. The van der Waals surface area contributed by atoms with Crippen molar-refractivity contribution in [3.63, 3.8) is 0 Å². The summed E-state index contributed by atoms with van der Waals surface area (Å²) in [6, 6.07) is 5.81. The number of hydrogen-bond donors (Lipinski definition) is 0. The maximum Gasteiger partial charge on any atom is 0.137 e. The number of thiophene rings is 1. The highest BCUT2D eigenvalue weighted by atomic mass is 79.9. The van der Waals surface area contributed by atoms with Crippen LogP contribution < -0.4 is 0 Å².